The van der Waals surface area contributed by atoms with Gasteiger partial charge < -0.3 is 9.64 Å². The molecule has 0 aromatic heterocycles. The number of nitrogens with zero attached hydrogens (tertiary/aromatic N) is 1. The third-order valence-corrected chi connectivity index (χ3v) is 3.13. The molecular formula is C14H23NO4S. The van der Waals surface area contributed by atoms with Gasteiger partial charge in [-0.25, -0.2) is 0 Å². The van der Waals surface area contributed by atoms with E-state index in [-0.39, 0.29) is 11.9 Å². The highest BCUT2D eigenvalue weighted by molar-refractivity contribution is 7.99. The molecule has 0 heterocycles. The maximum Gasteiger partial charge on any atom is 0.316 e. The highest BCUT2D eigenvalue weighted by Gasteiger charge is 2.15. The molecular weight excluding hydrogens is 278 g/mol. The third kappa shape index (κ3) is 10.6. The first-order chi connectivity index (χ1) is 9.26. The van der Waals surface area contributed by atoms with E-state index >= 15 is 0 Å². The van der Waals surface area contributed by atoms with Crippen molar-refractivity contribution in [2.45, 2.75) is 32.8 Å². The first-order valence-electron chi connectivity index (χ1n) is 6.43. The van der Waals surface area contributed by atoms with Crippen molar-refractivity contribution in [1.82, 2.24) is 4.90 Å². The van der Waals surface area contributed by atoms with Gasteiger partial charge in [-0.2, -0.15) is 11.8 Å². The van der Waals surface area contributed by atoms with E-state index in [9.17, 15) is 14.4 Å². The molecule has 114 valence electrons. The van der Waals surface area contributed by atoms with Gasteiger partial charge in [-0.3, -0.25) is 14.4 Å². The molecule has 6 heteroatoms. The Kier molecular flexibility index (Phi) is 8.96. The Morgan fingerprint density at radius 1 is 1.30 bits per heavy atom. The zero-order valence-electron chi connectivity index (χ0n) is 12.5. The highest BCUT2D eigenvalue weighted by Crippen LogP contribution is 2.10. The molecule has 0 rings (SSSR count). The summed E-state index contributed by atoms with van der Waals surface area (Å²) in [5, 5.41) is 0. The van der Waals surface area contributed by atoms with E-state index in [1.54, 1.807) is 7.05 Å². The average molecular weight is 301 g/mol. The van der Waals surface area contributed by atoms with Gasteiger partial charge in [-0.05, 0) is 39.0 Å². The molecule has 0 fully saturated rings. The van der Waals surface area contributed by atoms with Gasteiger partial charge >= 0.3 is 5.97 Å². The number of thioether (sulfide) groups is 1. The molecule has 0 spiro atoms. The Balaban J connectivity index is 3.71. The first kappa shape index (κ1) is 18.7. The minimum atomic E-state index is -0.449. The van der Waals surface area contributed by atoms with E-state index < -0.39 is 5.60 Å². The Morgan fingerprint density at radius 3 is 2.50 bits per heavy atom. The van der Waals surface area contributed by atoms with Crippen molar-refractivity contribution in [3.63, 3.8) is 0 Å². The number of esters is 1. The van der Waals surface area contributed by atoms with Crippen LogP contribution in [0.4, 0.5) is 0 Å². The van der Waals surface area contributed by atoms with Crippen LogP contribution in [0.25, 0.3) is 0 Å². The third-order valence-electron chi connectivity index (χ3n) is 2.12. The zero-order chi connectivity index (χ0) is 15.6. The van der Waals surface area contributed by atoms with Gasteiger partial charge in [0.15, 0.2) is 0 Å². The van der Waals surface area contributed by atoms with Gasteiger partial charge in [0.1, 0.15) is 11.9 Å². The van der Waals surface area contributed by atoms with Crippen LogP contribution in [0, 0.1) is 0 Å². The Bertz CT molecular complexity index is 361. The summed E-state index contributed by atoms with van der Waals surface area (Å²) in [6.07, 6.45) is 3.77. The fraction of sp³-hybridized carbons (Fsp3) is 0.643. The number of ether oxygens (including phenoxy) is 1. The Hall–Kier alpha value is -1.30. The van der Waals surface area contributed by atoms with Crippen LogP contribution in [0.1, 0.15) is 27.2 Å². The van der Waals surface area contributed by atoms with Crippen molar-refractivity contribution in [2.24, 2.45) is 0 Å². The molecule has 0 unspecified atom stereocenters. The van der Waals surface area contributed by atoms with Crippen LogP contribution in [0.5, 0.6) is 0 Å². The summed E-state index contributed by atoms with van der Waals surface area (Å²) < 4.78 is 5.18. The molecule has 0 N–H and O–H groups in total. The quantitative estimate of drug-likeness (QED) is 0.295. The van der Waals surface area contributed by atoms with Crippen molar-refractivity contribution in [3.8, 4) is 0 Å². The molecule has 0 saturated heterocycles. The van der Waals surface area contributed by atoms with Crippen LogP contribution >= 0.6 is 11.8 Å². The van der Waals surface area contributed by atoms with Crippen LogP contribution in [0.2, 0.25) is 0 Å². The number of likely N-dealkylation sites (N-methyl/N-ethyl adjacent to an activating group) is 1. The van der Waals surface area contributed by atoms with Gasteiger partial charge in [-0.1, -0.05) is 0 Å². The van der Waals surface area contributed by atoms with E-state index in [2.05, 4.69) is 0 Å². The maximum atomic E-state index is 11.4. The van der Waals surface area contributed by atoms with Gasteiger partial charge in [-0.15, -0.1) is 0 Å². The van der Waals surface area contributed by atoms with Crippen LogP contribution in [-0.2, 0) is 19.1 Å². The van der Waals surface area contributed by atoms with Crippen LogP contribution in [0.3, 0.4) is 0 Å². The number of carbonyl (C=O) groups is 3. The summed E-state index contributed by atoms with van der Waals surface area (Å²) in [4.78, 5) is 34.5. The molecule has 0 aromatic rings. The zero-order valence-corrected chi connectivity index (χ0v) is 13.4. The second kappa shape index (κ2) is 9.58. The molecule has 5 nitrogen and oxygen atoms in total. The summed E-state index contributed by atoms with van der Waals surface area (Å²) in [5.74, 6) is 0.670. The minimum Gasteiger partial charge on any atom is -0.459 e. The molecule has 0 saturated carbocycles. The topological polar surface area (TPSA) is 63.7 Å². The first-order valence-corrected chi connectivity index (χ1v) is 7.58. The summed E-state index contributed by atoms with van der Waals surface area (Å²) in [5.41, 5.74) is -0.449. The maximum absolute atomic E-state index is 11.4. The second-order valence-electron chi connectivity index (χ2n) is 5.25. The van der Waals surface area contributed by atoms with Crippen molar-refractivity contribution in [2.75, 3.05) is 25.1 Å². The summed E-state index contributed by atoms with van der Waals surface area (Å²) in [7, 11) is 1.68. The summed E-state index contributed by atoms with van der Waals surface area (Å²) in [6.45, 7) is 6.10. The van der Waals surface area contributed by atoms with E-state index in [0.717, 1.165) is 12.2 Å². The van der Waals surface area contributed by atoms with Crippen LogP contribution in [0.15, 0.2) is 12.2 Å². The van der Waals surface area contributed by atoms with Crippen molar-refractivity contribution in [3.05, 3.63) is 12.2 Å². The monoisotopic (exact) mass is 301 g/mol. The standard InChI is InChI=1S/C14H23NO4S/c1-14(2,3)19-13(18)11-20-10-6-8-15(4)12(17)7-5-9-16/h5,7,9H,6,8,10-11H2,1-4H3/b7-5-. The molecule has 0 aliphatic rings. The molecule has 0 aliphatic heterocycles. The van der Waals surface area contributed by atoms with Gasteiger partial charge in [0, 0.05) is 19.7 Å². The second-order valence-corrected chi connectivity index (χ2v) is 6.35. The highest BCUT2D eigenvalue weighted by atomic mass is 32.2. The molecule has 0 aromatic carbocycles. The SMILES string of the molecule is CN(CCCSCC(=O)OC(C)(C)C)C(=O)/C=C\C=O. The fourth-order valence-corrected chi connectivity index (χ4v) is 1.99. The van der Waals surface area contributed by atoms with Gasteiger partial charge in [0.05, 0.1) is 5.75 Å². The van der Waals surface area contributed by atoms with Crippen molar-refractivity contribution in [1.29, 1.82) is 0 Å². The normalized spacial score (nSPS) is 11.4. The van der Waals surface area contributed by atoms with Crippen LogP contribution in [-0.4, -0.2) is 53.8 Å². The predicted octanol–water partition coefficient (Wildman–Crippen LogP) is 1.66. The number of carbonyl (C=O) groups excluding carboxylic acids is 3. The largest absolute Gasteiger partial charge is 0.459 e. The predicted molar refractivity (Wildman–Crippen MR) is 80.6 cm³/mol. The number of hydrogen-bond donors (Lipinski definition) is 0. The lowest BCUT2D eigenvalue weighted by atomic mass is 10.2. The Labute approximate surface area is 124 Å². The smallest absolute Gasteiger partial charge is 0.316 e. The molecule has 0 atom stereocenters. The summed E-state index contributed by atoms with van der Waals surface area (Å²) in [6, 6.07) is 0. The summed E-state index contributed by atoms with van der Waals surface area (Å²) >= 11 is 1.49. The number of aldehydes is 1. The molecule has 1 amide bonds. The number of allylic oxidation sites excluding steroid dienone is 1. The lowest BCUT2D eigenvalue weighted by Crippen LogP contribution is -2.26. The lowest BCUT2D eigenvalue weighted by molar-refractivity contribution is -0.151. The lowest BCUT2D eigenvalue weighted by Gasteiger charge is -2.19. The van der Waals surface area contributed by atoms with Crippen molar-refractivity contribution < 1.29 is 19.1 Å². The van der Waals surface area contributed by atoms with Crippen LogP contribution < -0.4 is 0 Å². The fourth-order valence-electron chi connectivity index (χ4n) is 1.29. The van der Waals surface area contributed by atoms with E-state index in [0.29, 0.717) is 18.6 Å². The molecule has 0 bridgehead atoms. The molecule has 0 radical (unpaired) electrons. The Morgan fingerprint density at radius 2 is 1.95 bits per heavy atom. The number of rotatable bonds is 8. The number of hydrogen-bond acceptors (Lipinski definition) is 5. The molecule has 0 aliphatic carbocycles. The van der Waals surface area contributed by atoms with E-state index in [1.165, 1.54) is 28.8 Å². The van der Waals surface area contributed by atoms with E-state index in [4.69, 9.17) is 4.74 Å². The minimum absolute atomic E-state index is 0.200. The van der Waals surface area contributed by atoms with E-state index in [1.807, 2.05) is 20.8 Å². The average Bonchev–Trinajstić information content (AvgIpc) is 2.32. The number of amides is 1. The van der Waals surface area contributed by atoms with Gasteiger partial charge in [0.2, 0.25) is 5.91 Å². The molecule has 20 heavy (non-hydrogen) atoms. The van der Waals surface area contributed by atoms with Crippen molar-refractivity contribution >= 4 is 29.9 Å². The van der Waals surface area contributed by atoms with Gasteiger partial charge in [0.25, 0.3) is 0 Å².